The van der Waals surface area contributed by atoms with E-state index in [1.54, 1.807) is 6.20 Å². The van der Waals surface area contributed by atoms with Crippen LogP contribution in [0.4, 0.5) is 5.69 Å². The smallest absolute Gasteiger partial charge is 0.283 e. The first-order chi connectivity index (χ1) is 9.10. The molecule has 1 aromatic heterocycles. The molecule has 5 heteroatoms. The van der Waals surface area contributed by atoms with Gasteiger partial charge in [0.25, 0.3) is 5.56 Å². The van der Waals surface area contributed by atoms with Crippen molar-refractivity contribution in [2.45, 2.75) is 65.5 Å². The van der Waals surface area contributed by atoms with Crippen LogP contribution in [0.2, 0.25) is 0 Å². The molecule has 1 atom stereocenters. The first kappa shape index (κ1) is 16.2. The Kier molecular flexibility index (Phi) is 7.13. The van der Waals surface area contributed by atoms with Gasteiger partial charge in [-0.25, -0.2) is 4.68 Å². The standard InChI is InChI=1S/C14H24BrN3O/c1-4-6-7-8-11(3)17-12-10-16-18(9-5-2)14(19)13(12)15/h10-11,17H,4-9H2,1-3H3. The van der Waals surface area contributed by atoms with Gasteiger partial charge in [-0.1, -0.05) is 33.1 Å². The number of halogens is 1. The monoisotopic (exact) mass is 329 g/mol. The maximum Gasteiger partial charge on any atom is 0.283 e. The Labute approximate surface area is 123 Å². The number of hydrogen-bond acceptors (Lipinski definition) is 3. The summed E-state index contributed by atoms with van der Waals surface area (Å²) in [7, 11) is 0. The average molecular weight is 330 g/mol. The average Bonchev–Trinajstić information content (AvgIpc) is 2.39. The number of unbranched alkanes of at least 4 members (excludes halogenated alkanes) is 2. The lowest BCUT2D eigenvalue weighted by Gasteiger charge is -2.16. The van der Waals surface area contributed by atoms with Crippen molar-refractivity contribution in [3.05, 3.63) is 21.0 Å². The van der Waals surface area contributed by atoms with E-state index in [1.165, 1.54) is 23.9 Å². The van der Waals surface area contributed by atoms with E-state index in [1.807, 2.05) is 6.92 Å². The molecule has 0 saturated carbocycles. The van der Waals surface area contributed by atoms with Crippen molar-refractivity contribution >= 4 is 21.6 Å². The summed E-state index contributed by atoms with van der Waals surface area (Å²) in [6.07, 6.45) is 7.44. The van der Waals surface area contributed by atoms with E-state index in [9.17, 15) is 4.79 Å². The molecule has 0 aliphatic heterocycles. The van der Waals surface area contributed by atoms with Gasteiger partial charge in [0, 0.05) is 12.6 Å². The number of anilines is 1. The van der Waals surface area contributed by atoms with Crippen LogP contribution < -0.4 is 10.9 Å². The molecule has 0 amide bonds. The van der Waals surface area contributed by atoms with Crippen LogP contribution in [0.5, 0.6) is 0 Å². The van der Waals surface area contributed by atoms with Gasteiger partial charge in [0.2, 0.25) is 0 Å². The van der Waals surface area contributed by atoms with Crippen molar-refractivity contribution in [2.24, 2.45) is 0 Å². The highest BCUT2D eigenvalue weighted by Crippen LogP contribution is 2.18. The second-order valence-electron chi connectivity index (χ2n) is 4.94. The van der Waals surface area contributed by atoms with Crippen molar-refractivity contribution in [1.82, 2.24) is 9.78 Å². The molecule has 4 nitrogen and oxygen atoms in total. The minimum atomic E-state index is -0.0624. The van der Waals surface area contributed by atoms with Crippen LogP contribution in [0.1, 0.15) is 52.9 Å². The first-order valence-corrected chi connectivity index (χ1v) is 7.91. The Hall–Kier alpha value is -0.840. The quantitative estimate of drug-likeness (QED) is 0.738. The van der Waals surface area contributed by atoms with Crippen LogP contribution in [0.25, 0.3) is 0 Å². The zero-order chi connectivity index (χ0) is 14.3. The fraction of sp³-hybridized carbons (Fsp3) is 0.714. The minimum Gasteiger partial charge on any atom is -0.380 e. The van der Waals surface area contributed by atoms with Gasteiger partial charge in [-0.15, -0.1) is 0 Å². The fourth-order valence-corrected chi connectivity index (χ4v) is 2.40. The Morgan fingerprint density at radius 3 is 2.74 bits per heavy atom. The molecule has 0 aliphatic carbocycles. The highest BCUT2D eigenvalue weighted by Gasteiger charge is 2.10. The van der Waals surface area contributed by atoms with Gasteiger partial charge >= 0.3 is 0 Å². The second kappa shape index (κ2) is 8.35. The van der Waals surface area contributed by atoms with E-state index in [4.69, 9.17) is 0 Å². The number of aromatic nitrogens is 2. The largest absolute Gasteiger partial charge is 0.380 e. The minimum absolute atomic E-state index is 0.0624. The van der Waals surface area contributed by atoms with Gasteiger partial charge in [-0.05, 0) is 35.7 Å². The Balaban J connectivity index is 2.69. The summed E-state index contributed by atoms with van der Waals surface area (Å²) >= 11 is 3.38. The number of hydrogen-bond donors (Lipinski definition) is 1. The van der Waals surface area contributed by atoms with Crippen molar-refractivity contribution in [3.8, 4) is 0 Å². The van der Waals surface area contributed by atoms with E-state index in [-0.39, 0.29) is 5.56 Å². The summed E-state index contributed by atoms with van der Waals surface area (Å²) in [6.45, 7) is 7.03. The molecular formula is C14H24BrN3O. The molecule has 0 spiro atoms. The molecule has 1 aromatic rings. The molecule has 0 fully saturated rings. The number of nitrogens with zero attached hydrogens (tertiary/aromatic N) is 2. The van der Waals surface area contributed by atoms with Crippen molar-refractivity contribution < 1.29 is 0 Å². The SMILES string of the molecule is CCCCCC(C)Nc1cnn(CCC)c(=O)c1Br. The highest BCUT2D eigenvalue weighted by atomic mass is 79.9. The van der Waals surface area contributed by atoms with Gasteiger partial charge in [-0.2, -0.15) is 5.10 Å². The van der Waals surface area contributed by atoms with E-state index >= 15 is 0 Å². The molecule has 19 heavy (non-hydrogen) atoms. The van der Waals surface area contributed by atoms with Gasteiger partial charge in [0.1, 0.15) is 4.47 Å². The molecular weight excluding hydrogens is 306 g/mol. The predicted molar refractivity (Wildman–Crippen MR) is 83.7 cm³/mol. The third kappa shape index (κ3) is 4.97. The maximum absolute atomic E-state index is 12.0. The predicted octanol–water partition coefficient (Wildman–Crippen LogP) is 3.80. The molecule has 1 heterocycles. The summed E-state index contributed by atoms with van der Waals surface area (Å²) in [4.78, 5) is 12.0. The lowest BCUT2D eigenvalue weighted by molar-refractivity contribution is 0.564. The summed E-state index contributed by atoms with van der Waals surface area (Å²) < 4.78 is 2.08. The fourth-order valence-electron chi connectivity index (χ4n) is 1.97. The Morgan fingerprint density at radius 2 is 2.11 bits per heavy atom. The van der Waals surface area contributed by atoms with Crippen molar-refractivity contribution in [1.29, 1.82) is 0 Å². The van der Waals surface area contributed by atoms with Crippen molar-refractivity contribution in [2.75, 3.05) is 5.32 Å². The first-order valence-electron chi connectivity index (χ1n) is 7.12. The number of aryl methyl sites for hydroxylation is 1. The molecule has 0 aromatic carbocycles. The van der Waals surface area contributed by atoms with Gasteiger partial charge in [0.05, 0.1) is 11.9 Å². The highest BCUT2D eigenvalue weighted by molar-refractivity contribution is 9.10. The van der Waals surface area contributed by atoms with Gasteiger partial charge in [-0.3, -0.25) is 4.79 Å². The zero-order valence-electron chi connectivity index (χ0n) is 12.1. The topological polar surface area (TPSA) is 46.9 Å². The normalized spacial score (nSPS) is 12.4. The Morgan fingerprint density at radius 1 is 1.37 bits per heavy atom. The molecule has 1 rings (SSSR count). The van der Waals surface area contributed by atoms with Crippen LogP contribution in [-0.4, -0.2) is 15.8 Å². The van der Waals surface area contributed by atoms with Crippen LogP contribution in [0, 0.1) is 0 Å². The van der Waals surface area contributed by atoms with E-state index in [0.717, 1.165) is 18.5 Å². The van der Waals surface area contributed by atoms with Gasteiger partial charge < -0.3 is 5.32 Å². The van der Waals surface area contributed by atoms with E-state index in [2.05, 4.69) is 40.2 Å². The van der Waals surface area contributed by atoms with Crippen LogP contribution in [-0.2, 0) is 6.54 Å². The second-order valence-corrected chi connectivity index (χ2v) is 5.73. The van der Waals surface area contributed by atoms with Crippen LogP contribution in [0.15, 0.2) is 15.5 Å². The lowest BCUT2D eigenvalue weighted by atomic mass is 10.1. The third-order valence-electron chi connectivity index (χ3n) is 3.06. The van der Waals surface area contributed by atoms with Gasteiger partial charge in [0.15, 0.2) is 0 Å². The summed E-state index contributed by atoms with van der Waals surface area (Å²) in [5.41, 5.74) is 0.731. The summed E-state index contributed by atoms with van der Waals surface area (Å²) in [5, 5.41) is 7.55. The van der Waals surface area contributed by atoms with Crippen LogP contribution in [0.3, 0.4) is 0 Å². The third-order valence-corrected chi connectivity index (χ3v) is 3.83. The number of nitrogens with one attached hydrogen (secondary N) is 1. The zero-order valence-corrected chi connectivity index (χ0v) is 13.7. The van der Waals surface area contributed by atoms with E-state index < -0.39 is 0 Å². The molecule has 0 saturated heterocycles. The Bertz CT molecular complexity index is 445. The lowest BCUT2D eigenvalue weighted by Crippen LogP contribution is -2.26. The number of rotatable bonds is 8. The molecule has 1 N–H and O–H groups in total. The molecule has 108 valence electrons. The van der Waals surface area contributed by atoms with Crippen LogP contribution >= 0.6 is 15.9 Å². The molecule has 1 unspecified atom stereocenters. The van der Waals surface area contributed by atoms with Crippen molar-refractivity contribution in [3.63, 3.8) is 0 Å². The summed E-state index contributed by atoms with van der Waals surface area (Å²) in [5.74, 6) is 0. The molecule has 0 radical (unpaired) electrons. The molecule has 0 bridgehead atoms. The maximum atomic E-state index is 12.0. The molecule has 0 aliphatic rings. The summed E-state index contributed by atoms with van der Waals surface area (Å²) in [6, 6.07) is 0.353. The van der Waals surface area contributed by atoms with E-state index in [0.29, 0.717) is 17.1 Å².